The van der Waals surface area contributed by atoms with Gasteiger partial charge in [0.05, 0.1) is 5.41 Å². The third kappa shape index (κ3) is 1.52. The van der Waals surface area contributed by atoms with E-state index in [0.717, 1.165) is 18.5 Å². The molecule has 1 heterocycles. The molecule has 2 aliphatic rings. The van der Waals surface area contributed by atoms with Crippen LogP contribution in [0.15, 0.2) is 18.2 Å². The Morgan fingerprint density at radius 1 is 1.24 bits per heavy atom. The largest absolute Gasteiger partial charge is 0.325 e. The molecule has 1 fully saturated rings. The lowest BCUT2D eigenvalue weighted by atomic mass is 9.68. The van der Waals surface area contributed by atoms with E-state index in [0.29, 0.717) is 0 Å². The monoisotopic (exact) mass is 226 g/mol. The van der Waals surface area contributed by atoms with Gasteiger partial charge in [-0.05, 0) is 24.5 Å². The number of rotatable bonds is 1. The van der Waals surface area contributed by atoms with E-state index in [1.807, 2.05) is 6.82 Å². The second kappa shape index (κ2) is 3.90. The predicted octanol–water partition coefficient (Wildman–Crippen LogP) is 2.22. The third-order valence-corrected chi connectivity index (χ3v) is 4.28. The summed E-state index contributed by atoms with van der Waals surface area (Å²) in [5, 5.41) is 3.07. The van der Waals surface area contributed by atoms with Crippen molar-refractivity contribution >= 4 is 24.3 Å². The van der Waals surface area contributed by atoms with E-state index in [1.165, 1.54) is 30.3 Å². The van der Waals surface area contributed by atoms with Crippen molar-refractivity contribution in [3.05, 3.63) is 23.8 Å². The van der Waals surface area contributed by atoms with E-state index in [2.05, 4.69) is 30.8 Å². The summed E-state index contributed by atoms with van der Waals surface area (Å²) < 4.78 is 0. The molecule has 0 bridgehead atoms. The number of hydrogen-bond acceptors (Lipinski definition) is 1. The number of anilines is 1. The lowest BCUT2D eigenvalue weighted by Crippen LogP contribution is -2.36. The summed E-state index contributed by atoms with van der Waals surface area (Å²) in [5.74, 6) is 0.223. The zero-order valence-electron chi connectivity index (χ0n) is 10.3. The Hall–Kier alpha value is -1.25. The first-order chi connectivity index (χ1) is 8.26. The molecular weight excluding hydrogens is 209 g/mol. The molecule has 1 aromatic carbocycles. The van der Waals surface area contributed by atoms with Crippen LogP contribution in [0, 0.1) is 0 Å². The molecule has 0 unspecified atom stereocenters. The van der Waals surface area contributed by atoms with Crippen molar-refractivity contribution in [2.75, 3.05) is 5.32 Å². The number of amides is 1. The molecule has 3 rings (SSSR count). The molecule has 1 saturated carbocycles. The van der Waals surface area contributed by atoms with Crippen LogP contribution in [0.3, 0.4) is 0 Å². The molecule has 0 aromatic heterocycles. The Morgan fingerprint density at radius 2 is 2.00 bits per heavy atom. The zero-order valence-corrected chi connectivity index (χ0v) is 10.3. The van der Waals surface area contributed by atoms with E-state index in [1.54, 1.807) is 0 Å². The molecule has 1 N–H and O–H groups in total. The van der Waals surface area contributed by atoms with E-state index in [-0.39, 0.29) is 11.3 Å². The lowest BCUT2D eigenvalue weighted by molar-refractivity contribution is -0.121. The van der Waals surface area contributed by atoms with E-state index in [9.17, 15) is 4.79 Å². The third-order valence-electron chi connectivity index (χ3n) is 4.28. The smallest absolute Gasteiger partial charge is 0.235 e. The van der Waals surface area contributed by atoms with Gasteiger partial charge >= 0.3 is 0 Å². The fourth-order valence-corrected chi connectivity index (χ4v) is 3.28. The number of benzene rings is 1. The minimum atomic E-state index is -0.208. The second-order valence-corrected chi connectivity index (χ2v) is 5.19. The molecule has 1 radical (unpaired) electrons. The summed E-state index contributed by atoms with van der Waals surface area (Å²) in [6, 6.07) is 6.36. The summed E-state index contributed by atoms with van der Waals surface area (Å²) in [4.78, 5) is 12.3. The van der Waals surface area contributed by atoms with Crippen LogP contribution in [-0.2, 0) is 10.2 Å². The minimum Gasteiger partial charge on any atom is -0.325 e. The second-order valence-electron chi connectivity index (χ2n) is 5.19. The number of nitrogens with one attached hydrogen (secondary N) is 1. The van der Waals surface area contributed by atoms with Gasteiger partial charge in [-0.3, -0.25) is 4.79 Å². The first-order valence-electron chi connectivity index (χ1n) is 6.52. The zero-order chi connectivity index (χ0) is 11.9. The number of carbonyl (C=O) groups excluding carboxylic acids is 1. The summed E-state index contributed by atoms with van der Waals surface area (Å²) >= 11 is 0. The van der Waals surface area contributed by atoms with Gasteiger partial charge in [-0.15, -0.1) is 0 Å². The maximum absolute atomic E-state index is 12.3. The van der Waals surface area contributed by atoms with Crippen LogP contribution in [0.1, 0.15) is 37.7 Å². The number of hydrogen-bond donors (Lipinski definition) is 1. The molecule has 3 heteroatoms. The van der Waals surface area contributed by atoms with Crippen molar-refractivity contribution in [2.24, 2.45) is 0 Å². The van der Waals surface area contributed by atoms with Gasteiger partial charge in [0.15, 0.2) is 0 Å². The highest BCUT2D eigenvalue weighted by atomic mass is 16.2. The average Bonchev–Trinajstić information content (AvgIpc) is 2.63. The normalized spacial score (nSPS) is 21.1. The van der Waals surface area contributed by atoms with E-state index < -0.39 is 0 Å². The molecule has 0 saturated heterocycles. The maximum Gasteiger partial charge on any atom is 0.235 e. The van der Waals surface area contributed by atoms with Crippen molar-refractivity contribution < 1.29 is 4.79 Å². The number of carbonyl (C=O) groups is 1. The van der Waals surface area contributed by atoms with Gasteiger partial charge in [0.2, 0.25) is 5.91 Å². The van der Waals surface area contributed by atoms with Crippen molar-refractivity contribution in [2.45, 2.75) is 44.3 Å². The van der Waals surface area contributed by atoms with Gasteiger partial charge in [0, 0.05) is 5.69 Å². The molecule has 17 heavy (non-hydrogen) atoms. The van der Waals surface area contributed by atoms with Crippen LogP contribution in [-0.4, -0.2) is 13.2 Å². The molecule has 1 aliphatic heterocycles. The van der Waals surface area contributed by atoms with Crippen LogP contribution in [0.2, 0.25) is 6.82 Å². The minimum absolute atomic E-state index is 0.208. The Kier molecular flexibility index (Phi) is 2.50. The Morgan fingerprint density at radius 3 is 2.71 bits per heavy atom. The first kappa shape index (κ1) is 10.9. The molecule has 1 amide bonds. The molecule has 1 aliphatic carbocycles. The Bertz CT molecular complexity index is 463. The molecule has 0 atom stereocenters. The fourth-order valence-electron chi connectivity index (χ4n) is 3.28. The molecule has 1 aromatic rings. The topological polar surface area (TPSA) is 29.1 Å². The van der Waals surface area contributed by atoms with E-state index >= 15 is 0 Å². The quantitative estimate of drug-likeness (QED) is 0.731. The van der Waals surface area contributed by atoms with Crippen molar-refractivity contribution in [1.82, 2.24) is 0 Å². The summed E-state index contributed by atoms with van der Waals surface area (Å²) in [5.41, 5.74) is 3.23. The van der Waals surface area contributed by atoms with Gasteiger partial charge in [0.25, 0.3) is 0 Å². The highest BCUT2D eigenvalue weighted by molar-refractivity contribution is 6.52. The van der Waals surface area contributed by atoms with Crippen LogP contribution >= 0.6 is 0 Å². The van der Waals surface area contributed by atoms with E-state index in [4.69, 9.17) is 0 Å². The highest BCUT2D eigenvalue weighted by Crippen LogP contribution is 2.46. The van der Waals surface area contributed by atoms with Crippen LogP contribution in [0.25, 0.3) is 0 Å². The molecule has 1 spiro atoms. The van der Waals surface area contributed by atoms with Gasteiger partial charge in [0.1, 0.15) is 7.28 Å². The SMILES string of the molecule is C[B]c1ccc2c(c1)NC(=O)C21CCCCC1. The highest BCUT2D eigenvalue weighted by Gasteiger charge is 2.46. The van der Waals surface area contributed by atoms with Crippen LogP contribution < -0.4 is 10.8 Å². The summed E-state index contributed by atoms with van der Waals surface area (Å²) in [7, 11) is 2.07. The Labute approximate surface area is 103 Å². The van der Waals surface area contributed by atoms with Gasteiger partial charge < -0.3 is 5.32 Å². The predicted molar refractivity (Wildman–Crippen MR) is 71.1 cm³/mol. The van der Waals surface area contributed by atoms with Gasteiger partial charge in [-0.1, -0.05) is 43.7 Å². The fraction of sp³-hybridized carbons (Fsp3) is 0.500. The Balaban J connectivity index is 2.07. The van der Waals surface area contributed by atoms with Crippen molar-refractivity contribution in [3.63, 3.8) is 0 Å². The lowest BCUT2D eigenvalue weighted by Gasteiger charge is -2.31. The first-order valence-corrected chi connectivity index (χ1v) is 6.52. The molecular formula is C14H17BNO. The van der Waals surface area contributed by atoms with Crippen molar-refractivity contribution in [1.29, 1.82) is 0 Å². The van der Waals surface area contributed by atoms with Crippen LogP contribution in [0.5, 0.6) is 0 Å². The number of fused-ring (bicyclic) bond motifs is 2. The summed E-state index contributed by atoms with van der Waals surface area (Å²) in [6.07, 6.45) is 5.65. The van der Waals surface area contributed by atoms with Crippen LogP contribution in [0.4, 0.5) is 5.69 Å². The van der Waals surface area contributed by atoms with Gasteiger partial charge in [-0.25, -0.2) is 0 Å². The van der Waals surface area contributed by atoms with Crippen molar-refractivity contribution in [3.8, 4) is 0 Å². The standard InChI is InChI=1S/C14H17BNO/c1-15-10-5-6-11-12(9-10)16-13(17)14(11)7-3-2-4-8-14/h5-6,9H,2-4,7-8H2,1H3,(H,16,17). The summed E-state index contributed by atoms with van der Waals surface area (Å²) in [6.45, 7) is 2.02. The van der Waals surface area contributed by atoms with Gasteiger partial charge in [-0.2, -0.15) is 0 Å². The maximum atomic E-state index is 12.3. The molecule has 2 nitrogen and oxygen atoms in total. The molecule has 87 valence electrons. The average molecular weight is 226 g/mol.